The maximum atomic E-state index is 12.4. The normalized spacial score (nSPS) is 12.7. The summed E-state index contributed by atoms with van der Waals surface area (Å²) in [6.45, 7) is 4.88. The molecule has 0 aromatic rings. The van der Waals surface area contributed by atoms with E-state index in [4.69, 9.17) is 4.74 Å². The Labute approximate surface area is 374 Å². The Morgan fingerprint density at radius 3 is 1.13 bits per heavy atom. The molecule has 6 nitrogen and oxygen atoms in total. The van der Waals surface area contributed by atoms with Crippen LogP contribution in [0.2, 0.25) is 0 Å². The summed E-state index contributed by atoms with van der Waals surface area (Å²) in [7, 11) is 0. The first-order chi connectivity index (χ1) is 29.5. The van der Waals surface area contributed by atoms with Crippen molar-refractivity contribution in [3.8, 4) is 0 Å². The molecular weight excluding hydrogens is 743 g/mol. The van der Waals surface area contributed by atoms with Gasteiger partial charge in [0, 0.05) is 12.8 Å². The number of carbonyl (C=O) groups is 2. The number of hydrogen-bond donors (Lipinski definition) is 3. The van der Waals surface area contributed by atoms with Crippen molar-refractivity contribution in [2.75, 3.05) is 13.2 Å². The first-order valence-corrected chi connectivity index (χ1v) is 27.0. The lowest BCUT2D eigenvalue weighted by Gasteiger charge is -2.20. The number of unbranched alkanes of at least 4 members (excludes halogenated alkanes) is 39. The molecule has 0 aliphatic heterocycles. The quantitative estimate of drug-likeness (QED) is 0.0322. The lowest BCUT2D eigenvalue weighted by atomic mass is 10.0. The second kappa shape index (κ2) is 50.2. The van der Waals surface area contributed by atoms with Gasteiger partial charge in [-0.3, -0.25) is 9.59 Å². The summed E-state index contributed by atoms with van der Waals surface area (Å²) >= 11 is 0. The highest BCUT2D eigenvalue weighted by Gasteiger charge is 2.18. The van der Waals surface area contributed by atoms with Gasteiger partial charge in [-0.1, -0.05) is 264 Å². The molecule has 0 aliphatic carbocycles. The Morgan fingerprint density at radius 1 is 0.450 bits per heavy atom. The van der Waals surface area contributed by atoms with Crippen LogP contribution in [0.3, 0.4) is 0 Å². The molecule has 0 heterocycles. The molecule has 0 aromatic heterocycles. The number of rotatable bonds is 50. The van der Waals surface area contributed by atoms with Crippen LogP contribution in [-0.4, -0.2) is 47.4 Å². The van der Waals surface area contributed by atoms with Gasteiger partial charge in [0.15, 0.2) is 0 Å². The summed E-state index contributed by atoms with van der Waals surface area (Å²) in [5.41, 5.74) is 0. The van der Waals surface area contributed by atoms with Crippen LogP contribution in [0.15, 0.2) is 12.2 Å². The number of aliphatic hydroxyl groups excluding tert-OH is 2. The van der Waals surface area contributed by atoms with E-state index in [0.29, 0.717) is 19.4 Å². The van der Waals surface area contributed by atoms with E-state index >= 15 is 0 Å². The van der Waals surface area contributed by atoms with E-state index in [2.05, 4.69) is 19.2 Å². The van der Waals surface area contributed by atoms with Crippen molar-refractivity contribution in [1.29, 1.82) is 0 Å². The standard InChI is InChI=1S/C54H105NO5/c1-3-5-7-9-11-13-15-17-19-20-21-22-23-26-30-34-38-42-46-52(57)51(50-56)55-53(58)47-43-39-35-31-27-25-29-33-37-41-45-49-60-54(59)48-44-40-36-32-28-24-18-16-14-12-10-8-6-4-2/h42,46,51-52,56-57H,3-41,43-45,47-50H2,1-2H3,(H,55,58)/b46-42+. The number of nitrogens with one attached hydrogen (secondary N) is 1. The SMILES string of the molecule is CCCCCCCCCCCCCCCCCC/C=C/C(O)C(CO)NC(=O)CCCCCCCCCCCCCOC(=O)CCCCCCCCCCCCCCCC. The van der Waals surface area contributed by atoms with E-state index in [1.54, 1.807) is 6.08 Å². The fourth-order valence-corrected chi connectivity index (χ4v) is 8.40. The first-order valence-electron chi connectivity index (χ1n) is 27.0. The molecule has 0 fully saturated rings. The minimum absolute atomic E-state index is 0.0127. The predicted octanol–water partition coefficient (Wildman–Crippen LogP) is 16.1. The van der Waals surface area contributed by atoms with Gasteiger partial charge in [-0.25, -0.2) is 0 Å². The molecule has 0 rings (SSSR count). The van der Waals surface area contributed by atoms with E-state index in [1.807, 2.05) is 6.08 Å². The smallest absolute Gasteiger partial charge is 0.305 e. The van der Waals surface area contributed by atoms with Crippen LogP contribution in [0.5, 0.6) is 0 Å². The number of amides is 1. The van der Waals surface area contributed by atoms with Crippen LogP contribution in [0.25, 0.3) is 0 Å². The number of aliphatic hydroxyl groups is 2. The highest BCUT2D eigenvalue weighted by atomic mass is 16.5. The van der Waals surface area contributed by atoms with Crippen molar-refractivity contribution in [3.63, 3.8) is 0 Å². The van der Waals surface area contributed by atoms with E-state index in [1.165, 1.54) is 212 Å². The van der Waals surface area contributed by atoms with E-state index < -0.39 is 12.1 Å². The Kier molecular flexibility index (Phi) is 49.1. The van der Waals surface area contributed by atoms with Crippen molar-refractivity contribution >= 4 is 11.9 Å². The Balaban J connectivity index is 3.49. The van der Waals surface area contributed by atoms with Gasteiger partial charge in [-0.15, -0.1) is 0 Å². The first kappa shape index (κ1) is 58.6. The largest absolute Gasteiger partial charge is 0.466 e. The van der Waals surface area contributed by atoms with Gasteiger partial charge in [-0.05, 0) is 32.1 Å². The molecular formula is C54H105NO5. The molecule has 2 unspecified atom stereocenters. The summed E-state index contributed by atoms with van der Waals surface area (Å²) < 4.78 is 5.46. The van der Waals surface area contributed by atoms with Crippen molar-refractivity contribution in [2.45, 2.75) is 309 Å². The summed E-state index contributed by atoms with van der Waals surface area (Å²) in [4.78, 5) is 24.5. The second-order valence-electron chi connectivity index (χ2n) is 18.6. The topological polar surface area (TPSA) is 95.9 Å². The zero-order valence-corrected chi connectivity index (χ0v) is 40.5. The third-order valence-electron chi connectivity index (χ3n) is 12.6. The van der Waals surface area contributed by atoms with Crippen LogP contribution in [-0.2, 0) is 14.3 Å². The third-order valence-corrected chi connectivity index (χ3v) is 12.6. The molecule has 356 valence electrons. The average molecular weight is 848 g/mol. The van der Waals surface area contributed by atoms with Crippen molar-refractivity contribution < 1.29 is 24.5 Å². The molecule has 1 amide bonds. The summed E-state index contributed by atoms with van der Waals surface area (Å²) in [6, 6.07) is -0.641. The molecule has 2 atom stereocenters. The maximum Gasteiger partial charge on any atom is 0.305 e. The Hall–Kier alpha value is -1.40. The minimum atomic E-state index is -0.855. The predicted molar refractivity (Wildman–Crippen MR) is 260 cm³/mol. The van der Waals surface area contributed by atoms with E-state index in [-0.39, 0.29) is 18.5 Å². The fraction of sp³-hybridized carbons (Fsp3) is 0.926. The Morgan fingerprint density at radius 2 is 0.767 bits per heavy atom. The van der Waals surface area contributed by atoms with Gasteiger partial charge in [0.05, 0.1) is 25.4 Å². The van der Waals surface area contributed by atoms with Gasteiger partial charge >= 0.3 is 5.97 Å². The maximum absolute atomic E-state index is 12.4. The van der Waals surface area contributed by atoms with E-state index in [0.717, 1.165) is 57.8 Å². The monoisotopic (exact) mass is 848 g/mol. The molecule has 0 radical (unpaired) electrons. The molecule has 0 spiro atoms. The fourth-order valence-electron chi connectivity index (χ4n) is 8.40. The number of allylic oxidation sites excluding steroid dienone is 1. The second-order valence-corrected chi connectivity index (χ2v) is 18.6. The van der Waals surface area contributed by atoms with Gasteiger partial charge in [0.1, 0.15) is 0 Å². The van der Waals surface area contributed by atoms with Crippen molar-refractivity contribution in [2.24, 2.45) is 0 Å². The zero-order chi connectivity index (χ0) is 43.7. The lowest BCUT2D eigenvalue weighted by molar-refractivity contribution is -0.143. The average Bonchev–Trinajstić information content (AvgIpc) is 3.25. The molecule has 6 heteroatoms. The number of hydrogen-bond acceptors (Lipinski definition) is 5. The van der Waals surface area contributed by atoms with Crippen LogP contribution in [0.1, 0.15) is 296 Å². The summed E-state index contributed by atoms with van der Waals surface area (Å²) in [6.07, 6.45) is 57.8. The minimum Gasteiger partial charge on any atom is -0.466 e. The van der Waals surface area contributed by atoms with Crippen LogP contribution in [0, 0.1) is 0 Å². The van der Waals surface area contributed by atoms with Crippen LogP contribution >= 0.6 is 0 Å². The highest BCUT2D eigenvalue weighted by Crippen LogP contribution is 2.17. The zero-order valence-electron chi connectivity index (χ0n) is 40.5. The van der Waals surface area contributed by atoms with Gasteiger partial charge < -0.3 is 20.3 Å². The number of ether oxygens (including phenoxy) is 1. The number of carbonyl (C=O) groups excluding carboxylic acids is 2. The van der Waals surface area contributed by atoms with Crippen molar-refractivity contribution in [3.05, 3.63) is 12.2 Å². The van der Waals surface area contributed by atoms with Gasteiger partial charge in [0.25, 0.3) is 0 Å². The van der Waals surface area contributed by atoms with E-state index in [9.17, 15) is 19.8 Å². The van der Waals surface area contributed by atoms with Crippen LogP contribution < -0.4 is 5.32 Å². The van der Waals surface area contributed by atoms with Crippen LogP contribution in [0.4, 0.5) is 0 Å². The molecule has 0 bridgehead atoms. The molecule has 60 heavy (non-hydrogen) atoms. The van der Waals surface area contributed by atoms with Gasteiger partial charge in [-0.2, -0.15) is 0 Å². The number of esters is 1. The summed E-state index contributed by atoms with van der Waals surface area (Å²) in [5.74, 6) is -0.0968. The molecule has 0 aliphatic rings. The third kappa shape index (κ3) is 46.1. The molecule has 3 N–H and O–H groups in total. The van der Waals surface area contributed by atoms with Gasteiger partial charge in [0.2, 0.25) is 5.91 Å². The molecule has 0 aromatic carbocycles. The molecule has 0 saturated carbocycles. The van der Waals surface area contributed by atoms with Crippen molar-refractivity contribution in [1.82, 2.24) is 5.32 Å². The Bertz CT molecular complexity index is 893. The molecule has 0 saturated heterocycles. The lowest BCUT2D eigenvalue weighted by Crippen LogP contribution is -2.45. The summed E-state index contributed by atoms with van der Waals surface area (Å²) in [5, 5.41) is 23.1. The highest BCUT2D eigenvalue weighted by molar-refractivity contribution is 5.76.